The molecule has 5 rings (SSSR count). The van der Waals surface area contributed by atoms with E-state index in [-0.39, 0.29) is 49.4 Å². The molecule has 0 radical (unpaired) electrons. The van der Waals surface area contributed by atoms with E-state index in [1.165, 1.54) is 27.7 Å². The molecule has 4 heterocycles. The molecule has 0 bridgehead atoms. The van der Waals surface area contributed by atoms with Crippen LogP contribution in [0.3, 0.4) is 0 Å². The molecule has 2 fully saturated rings. The molecule has 3 aromatic heterocycles. The Balaban J connectivity index is 1.45. The largest absolute Gasteiger partial charge is 0.393 e. The van der Waals surface area contributed by atoms with Crippen molar-refractivity contribution in [3.63, 3.8) is 0 Å². The van der Waals surface area contributed by atoms with Crippen LogP contribution < -0.4 is 10.6 Å². The number of aliphatic hydroxyl groups excluding tert-OH is 1. The Morgan fingerprint density at radius 1 is 1.29 bits per heavy atom. The normalized spacial score (nSPS) is 22.2. The van der Waals surface area contributed by atoms with Crippen LogP contribution in [0.5, 0.6) is 0 Å². The molecular weight excluding hydrogens is 565 g/mol. The van der Waals surface area contributed by atoms with Crippen molar-refractivity contribution in [3.05, 3.63) is 47.2 Å². The average Bonchev–Trinajstić information content (AvgIpc) is 3.58. The first-order valence-electron chi connectivity index (χ1n) is 13.9. The number of hydrogen-bond donors (Lipinski definition) is 3. The zero-order valence-corrected chi connectivity index (χ0v) is 22.9. The number of nitrogens with one attached hydrogen (secondary N) is 2. The van der Waals surface area contributed by atoms with Crippen molar-refractivity contribution in [2.45, 2.75) is 76.7 Å². The summed E-state index contributed by atoms with van der Waals surface area (Å²) in [5.41, 5.74) is 1.49. The van der Waals surface area contributed by atoms with E-state index < -0.39 is 61.4 Å². The number of nitrogens with zero attached hydrogens (tertiary/aromatic N) is 5. The predicted molar refractivity (Wildman–Crippen MR) is 138 cm³/mol. The summed E-state index contributed by atoms with van der Waals surface area (Å²) in [6.45, 7) is 1.30. The maximum Gasteiger partial charge on any atom is 0.393 e. The molecule has 2 aliphatic rings. The van der Waals surface area contributed by atoms with Gasteiger partial charge < -0.3 is 15.7 Å². The number of piperidine rings is 1. The molecule has 0 aromatic carbocycles. The fourth-order valence-electron chi connectivity index (χ4n) is 5.86. The molecule has 15 heteroatoms. The van der Waals surface area contributed by atoms with Gasteiger partial charge in [-0.05, 0) is 44.2 Å². The van der Waals surface area contributed by atoms with Gasteiger partial charge in [-0.15, -0.1) is 0 Å². The highest BCUT2D eigenvalue weighted by Gasteiger charge is 2.45. The lowest BCUT2D eigenvalue weighted by molar-refractivity contribution is -0.183. The molecule has 1 aliphatic carbocycles. The van der Waals surface area contributed by atoms with Gasteiger partial charge in [-0.25, -0.2) is 18.3 Å². The number of fused-ring (bicyclic) bond motifs is 1. The minimum atomic E-state index is -4.46. The van der Waals surface area contributed by atoms with Crippen molar-refractivity contribution in [3.8, 4) is 0 Å². The zero-order chi connectivity index (χ0) is 30.2. The predicted octanol–water partition coefficient (Wildman–Crippen LogP) is 3.59. The Kier molecular flexibility index (Phi) is 8.23. The van der Waals surface area contributed by atoms with E-state index in [1.54, 1.807) is 6.07 Å². The molecule has 3 atom stereocenters. The van der Waals surface area contributed by atoms with Crippen LogP contribution in [0.1, 0.15) is 72.5 Å². The molecule has 3 aromatic rings. The highest BCUT2D eigenvalue weighted by Crippen LogP contribution is 2.41. The van der Waals surface area contributed by atoms with Crippen molar-refractivity contribution < 1.29 is 36.6 Å². The number of aliphatic hydroxyl groups is 1. The van der Waals surface area contributed by atoms with Crippen LogP contribution in [-0.4, -0.2) is 59.9 Å². The van der Waals surface area contributed by atoms with Crippen molar-refractivity contribution in [2.75, 3.05) is 6.54 Å². The van der Waals surface area contributed by atoms with Gasteiger partial charge in [0.25, 0.3) is 5.91 Å². The molecule has 0 spiro atoms. The van der Waals surface area contributed by atoms with E-state index in [1.807, 2.05) is 6.92 Å². The monoisotopic (exact) mass is 597 g/mol. The molecule has 42 heavy (non-hydrogen) atoms. The van der Waals surface area contributed by atoms with E-state index in [9.17, 15) is 36.6 Å². The number of imidazole rings is 1. The quantitative estimate of drug-likeness (QED) is 0.341. The van der Waals surface area contributed by atoms with Crippen LogP contribution in [-0.2, 0) is 24.4 Å². The number of carbonyl (C=O) groups excluding carboxylic acids is 2. The minimum Gasteiger partial charge on any atom is -0.392 e. The highest BCUT2D eigenvalue weighted by atomic mass is 19.4. The lowest BCUT2D eigenvalue weighted by atomic mass is 9.81. The maximum atomic E-state index is 14.0. The van der Waals surface area contributed by atoms with Crippen LogP contribution in [0.2, 0.25) is 0 Å². The standard InChI is InChI=1S/C27H32F5N7O3/c1-2-38-21(5-8-34-38)25(42)36-23(15-3-6-26(28,29)7-4-15)20-13-39-22(35-20)11-17(14-40)19(37-39)10-16-9-18(27(30,31)32)12-33-24(16)41/h5,8,11,13,15-16,18,23,40H,2-4,6-7,9-10,12,14H2,1H3,(H,33,41)(H,36,42)/t16?,18-,23?/m1/s1. The van der Waals surface area contributed by atoms with Gasteiger partial charge in [0.15, 0.2) is 5.65 Å². The van der Waals surface area contributed by atoms with Gasteiger partial charge >= 0.3 is 6.18 Å². The van der Waals surface area contributed by atoms with Gasteiger partial charge in [-0.3, -0.25) is 14.3 Å². The van der Waals surface area contributed by atoms with Gasteiger partial charge in [0.2, 0.25) is 11.8 Å². The van der Waals surface area contributed by atoms with Crippen molar-refractivity contribution in [1.82, 2.24) is 35.0 Å². The second kappa shape index (κ2) is 11.6. The van der Waals surface area contributed by atoms with Crippen molar-refractivity contribution >= 4 is 17.5 Å². The topological polar surface area (TPSA) is 126 Å². The molecule has 2 unspecified atom stereocenters. The van der Waals surface area contributed by atoms with Gasteiger partial charge in [0.05, 0.1) is 36.2 Å². The second-order valence-corrected chi connectivity index (χ2v) is 11.0. The zero-order valence-electron chi connectivity index (χ0n) is 22.9. The van der Waals surface area contributed by atoms with Crippen LogP contribution in [0, 0.1) is 17.8 Å². The summed E-state index contributed by atoms with van der Waals surface area (Å²) in [5, 5.41) is 23.9. The smallest absolute Gasteiger partial charge is 0.392 e. The number of aryl methyl sites for hydroxylation is 1. The summed E-state index contributed by atoms with van der Waals surface area (Å²) >= 11 is 0. The fraction of sp³-hybridized carbons (Fsp3) is 0.593. The second-order valence-electron chi connectivity index (χ2n) is 11.0. The Morgan fingerprint density at radius 2 is 2.02 bits per heavy atom. The van der Waals surface area contributed by atoms with Crippen LogP contribution in [0.15, 0.2) is 24.5 Å². The SMILES string of the molecule is CCn1nccc1C(=O)NC(c1cn2nc(CC3C[C@@H](C(F)(F)F)CNC3=O)c(CO)cc2n1)C1CCC(F)(F)CC1. The highest BCUT2D eigenvalue weighted by molar-refractivity contribution is 5.92. The van der Waals surface area contributed by atoms with E-state index in [2.05, 4.69) is 25.8 Å². The Hall–Kier alpha value is -3.62. The van der Waals surface area contributed by atoms with Crippen LogP contribution in [0.4, 0.5) is 22.0 Å². The van der Waals surface area contributed by atoms with E-state index in [0.29, 0.717) is 23.5 Å². The molecule has 228 valence electrons. The van der Waals surface area contributed by atoms with Gasteiger partial charge in [0.1, 0.15) is 5.69 Å². The first kappa shape index (κ1) is 29.9. The third-order valence-electron chi connectivity index (χ3n) is 8.26. The summed E-state index contributed by atoms with van der Waals surface area (Å²) in [4.78, 5) is 30.2. The summed E-state index contributed by atoms with van der Waals surface area (Å²) in [5.74, 6) is -6.77. The number of rotatable bonds is 8. The molecule has 1 saturated carbocycles. The minimum absolute atomic E-state index is 0.128. The lowest BCUT2D eigenvalue weighted by Crippen LogP contribution is -2.47. The molecule has 2 amide bonds. The molecule has 1 aliphatic heterocycles. The van der Waals surface area contributed by atoms with Crippen LogP contribution in [0.25, 0.3) is 5.65 Å². The van der Waals surface area contributed by atoms with Crippen molar-refractivity contribution in [1.29, 1.82) is 0 Å². The number of alkyl halides is 5. The fourth-order valence-corrected chi connectivity index (χ4v) is 5.86. The third-order valence-corrected chi connectivity index (χ3v) is 8.26. The first-order valence-corrected chi connectivity index (χ1v) is 13.9. The number of carbonyl (C=O) groups is 2. The summed E-state index contributed by atoms with van der Waals surface area (Å²) in [6.07, 6.45) is -2.32. The van der Waals surface area contributed by atoms with Crippen molar-refractivity contribution in [2.24, 2.45) is 17.8 Å². The lowest BCUT2D eigenvalue weighted by Gasteiger charge is -2.33. The molecular formula is C27H32F5N7O3. The number of hydrogen-bond acceptors (Lipinski definition) is 6. The van der Waals surface area contributed by atoms with Gasteiger partial charge in [-0.1, -0.05) is 0 Å². The number of halogens is 5. The molecule has 1 saturated heterocycles. The molecule has 10 nitrogen and oxygen atoms in total. The summed E-state index contributed by atoms with van der Waals surface area (Å²) in [6, 6.07) is 2.34. The number of amides is 2. The number of aromatic nitrogens is 5. The van der Waals surface area contributed by atoms with Crippen LogP contribution >= 0.6 is 0 Å². The third kappa shape index (κ3) is 6.25. The Bertz CT molecular complexity index is 1440. The van der Waals surface area contributed by atoms with E-state index in [4.69, 9.17) is 0 Å². The summed E-state index contributed by atoms with van der Waals surface area (Å²) < 4.78 is 70.9. The Morgan fingerprint density at radius 3 is 2.69 bits per heavy atom. The Labute approximate surface area is 237 Å². The average molecular weight is 598 g/mol. The summed E-state index contributed by atoms with van der Waals surface area (Å²) in [7, 11) is 0. The van der Waals surface area contributed by atoms with E-state index >= 15 is 0 Å². The van der Waals surface area contributed by atoms with E-state index in [0.717, 1.165) is 0 Å². The first-order chi connectivity index (χ1) is 19.9. The maximum absolute atomic E-state index is 14.0. The van der Waals surface area contributed by atoms with Gasteiger partial charge in [-0.2, -0.15) is 23.4 Å². The van der Waals surface area contributed by atoms with Gasteiger partial charge in [0, 0.05) is 50.0 Å². The molecule has 3 N–H and O–H groups in total.